The van der Waals surface area contributed by atoms with Crippen LogP contribution in [0, 0.1) is 0 Å². The molecular formula is C11H18N2OS. The van der Waals surface area contributed by atoms with Gasteiger partial charge in [0.25, 0.3) is 0 Å². The predicted octanol–water partition coefficient (Wildman–Crippen LogP) is 1.63. The molecule has 0 spiro atoms. The summed E-state index contributed by atoms with van der Waals surface area (Å²) in [6, 6.07) is 0.454. The molecule has 1 fully saturated rings. The summed E-state index contributed by atoms with van der Waals surface area (Å²) in [5.74, 6) is 0. The summed E-state index contributed by atoms with van der Waals surface area (Å²) < 4.78 is 5.42. The Balaban J connectivity index is 1.86. The number of hydrogen-bond donors (Lipinski definition) is 1. The summed E-state index contributed by atoms with van der Waals surface area (Å²) in [6.45, 7) is 4.82. The summed E-state index contributed by atoms with van der Waals surface area (Å²) in [5.41, 5.74) is 1.21. The first-order valence-corrected chi connectivity index (χ1v) is 6.51. The van der Waals surface area contributed by atoms with Gasteiger partial charge < -0.3 is 10.1 Å². The van der Waals surface area contributed by atoms with Gasteiger partial charge in [0.2, 0.25) is 0 Å². The molecule has 1 aliphatic rings. The van der Waals surface area contributed by atoms with Gasteiger partial charge in [0.15, 0.2) is 0 Å². The first kappa shape index (κ1) is 11.0. The van der Waals surface area contributed by atoms with Crippen molar-refractivity contribution in [2.45, 2.75) is 32.2 Å². The average Bonchev–Trinajstić information content (AvgIpc) is 2.68. The van der Waals surface area contributed by atoms with Crippen molar-refractivity contribution in [1.82, 2.24) is 10.3 Å². The number of ether oxygens (including phenoxy) is 1. The highest BCUT2D eigenvalue weighted by Gasteiger charge is 2.14. The molecule has 1 unspecified atom stereocenters. The maximum absolute atomic E-state index is 5.42. The third kappa shape index (κ3) is 3.26. The smallest absolute Gasteiger partial charge is 0.0928 e. The van der Waals surface area contributed by atoms with Gasteiger partial charge in [-0.2, -0.15) is 0 Å². The minimum Gasteiger partial charge on any atom is -0.379 e. The second-order valence-corrected chi connectivity index (χ2v) is 4.86. The van der Waals surface area contributed by atoms with E-state index < -0.39 is 0 Å². The lowest BCUT2D eigenvalue weighted by Gasteiger charge is -2.22. The zero-order valence-corrected chi connectivity index (χ0v) is 9.98. The summed E-state index contributed by atoms with van der Waals surface area (Å²) in [4.78, 5) is 4.62. The molecule has 1 atom stereocenters. The molecule has 1 aliphatic heterocycles. The Morgan fingerprint density at radius 1 is 1.67 bits per heavy atom. The Morgan fingerprint density at radius 2 is 2.60 bits per heavy atom. The van der Waals surface area contributed by atoms with Crippen LogP contribution >= 0.6 is 11.3 Å². The van der Waals surface area contributed by atoms with Crippen LogP contribution in [0.25, 0.3) is 0 Å². The molecule has 0 amide bonds. The number of hydrogen-bond acceptors (Lipinski definition) is 4. The first-order chi connectivity index (χ1) is 7.38. The van der Waals surface area contributed by atoms with Crippen LogP contribution in [0.2, 0.25) is 0 Å². The molecule has 0 radical (unpaired) electrons. The van der Waals surface area contributed by atoms with Gasteiger partial charge in [0.1, 0.15) is 0 Å². The standard InChI is InChI=1S/C11H18N2OS/c1-2-3-11-13-10(8-15-11)6-9-7-14-5-4-12-9/h8-9,12H,2-7H2,1H3. The third-order valence-electron chi connectivity index (χ3n) is 2.52. The number of aryl methyl sites for hydroxylation is 1. The zero-order chi connectivity index (χ0) is 10.5. The van der Waals surface area contributed by atoms with Crippen LogP contribution in [0.5, 0.6) is 0 Å². The molecule has 0 aromatic carbocycles. The molecule has 1 saturated heterocycles. The van der Waals surface area contributed by atoms with Crippen molar-refractivity contribution in [3.05, 3.63) is 16.1 Å². The number of nitrogens with zero attached hydrogens (tertiary/aromatic N) is 1. The van der Waals surface area contributed by atoms with E-state index in [1.54, 1.807) is 11.3 Å². The Labute approximate surface area is 94.9 Å². The lowest BCUT2D eigenvalue weighted by Crippen LogP contribution is -2.42. The van der Waals surface area contributed by atoms with Gasteiger partial charge in [-0.05, 0) is 12.8 Å². The van der Waals surface area contributed by atoms with E-state index in [0.29, 0.717) is 6.04 Å². The number of rotatable bonds is 4. The number of thiazole rings is 1. The number of morpholine rings is 1. The quantitative estimate of drug-likeness (QED) is 0.847. The maximum Gasteiger partial charge on any atom is 0.0928 e. The van der Waals surface area contributed by atoms with Gasteiger partial charge in [-0.3, -0.25) is 0 Å². The molecule has 2 rings (SSSR count). The van der Waals surface area contributed by atoms with E-state index in [1.165, 1.54) is 17.1 Å². The number of aromatic nitrogens is 1. The fourth-order valence-electron chi connectivity index (χ4n) is 1.77. The average molecular weight is 226 g/mol. The van der Waals surface area contributed by atoms with Crippen LogP contribution in [-0.4, -0.2) is 30.8 Å². The summed E-state index contributed by atoms with van der Waals surface area (Å²) in [6.07, 6.45) is 3.29. The SMILES string of the molecule is CCCc1nc(CC2COCCN2)cs1. The Kier molecular flexibility index (Phi) is 4.11. The Morgan fingerprint density at radius 3 is 3.33 bits per heavy atom. The van der Waals surface area contributed by atoms with Gasteiger partial charge >= 0.3 is 0 Å². The fraction of sp³-hybridized carbons (Fsp3) is 0.727. The van der Waals surface area contributed by atoms with Crippen molar-refractivity contribution in [1.29, 1.82) is 0 Å². The molecule has 0 saturated carbocycles. The normalized spacial score (nSPS) is 21.8. The minimum atomic E-state index is 0.454. The van der Waals surface area contributed by atoms with E-state index in [1.807, 2.05) is 0 Å². The molecule has 1 N–H and O–H groups in total. The van der Waals surface area contributed by atoms with Crippen molar-refractivity contribution < 1.29 is 4.74 Å². The molecule has 1 aromatic rings. The summed E-state index contributed by atoms with van der Waals surface area (Å²) in [5, 5.41) is 6.90. The largest absolute Gasteiger partial charge is 0.379 e. The molecule has 0 aliphatic carbocycles. The van der Waals surface area contributed by atoms with Crippen molar-refractivity contribution in [2.75, 3.05) is 19.8 Å². The van der Waals surface area contributed by atoms with Crippen molar-refractivity contribution in [3.8, 4) is 0 Å². The molecule has 2 heterocycles. The molecular weight excluding hydrogens is 208 g/mol. The highest BCUT2D eigenvalue weighted by Crippen LogP contribution is 2.13. The van der Waals surface area contributed by atoms with Crippen LogP contribution in [0.3, 0.4) is 0 Å². The predicted molar refractivity (Wildman–Crippen MR) is 62.4 cm³/mol. The maximum atomic E-state index is 5.42. The van der Waals surface area contributed by atoms with E-state index >= 15 is 0 Å². The summed E-state index contributed by atoms with van der Waals surface area (Å²) in [7, 11) is 0. The monoisotopic (exact) mass is 226 g/mol. The fourth-order valence-corrected chi connectivity index (χ4v) is 2.69. The highest BCUT2D eigenvalue weighted by molar-refractivity contribution is 7.09. The first-order valence-electron chi connectivity index (χ1n) is 5.63. The van der Waals surface area contributed by atoms with Crippen LogP contribution in [-0.2, 0) is 17.6 Å². The highest BCUT2D eigenvalue weighted by atomic mass is 32.1. The van der Waals surface area contributed by atoms with Gasteiger partial charge in [0.05, 0.1) is 23.9 Å². The van der Waals surface area contributed by atoms with Crippen LogP contribution in [0.15, 0.2) is 5.38 Å². The molecule has 0 bridgehead atoms. The number of nitrogens with one attached hydrogen (secondary N) is 1. The van der Waals surface area contributed by atoms with Crippen molar-refractivity contribution in [3.63, 3.8) is 0 Å². The van der Waals surface area contributed by atoms with Crippen LogP contribution in [0.1, 0.15) is 24.0 Å². The second-order valence-electron chi connectivity index (χ2n) is 3.91. The van der Waals surface area contributed by atoms with E-state index in [2.05, 4.69) is 22.6 Å². The topological polar surface area (TPSA) is 34.1 Å². The van der Waals surface area contributed by atoms with E-state index in [0.717, 1.165) is 32.6 Å². The van der Waals surface area contributed by atoms with Crippen molar-refractivity contribution in [2.24, 2.45) is 0 Å². The molecule has 3 nitrogen and oxygen atoms in total. The van der Waals surface area contributed by atoms with Crippen LogP contribution in [0.4, 0.5) is 0 Å². The molecule has 15 heavy (non-hydrogen) atoms. The second kappa shape index (κ2) is 5.58. The van der Waals surface area contributed by atoms with Crippen LogP contribution < -0.4 is 5.32 Å². The Hall–Kier alpha value is -0.450. The molecule has 84 valence electrons. The Bertz CT molecular complexity index is 295. The van der Waals surface area contributed by atoms with E-state index in [4.69, 9.17) is 4.74 Å². The summed E-state index contributed by atoms with van der Waals surface area (Å²) >= 11 is 1.78. The third-order valence-corrected chi connectivity index (χ3v) is 3.47. The zero-order valence-electron chi connectivity index (χ0n) is 9.16. The van der Waals surface area contributed by atoms with Gasteiger partial charge in [-0.1, -0.05) is 6.92 Å². The molecule has 1 aromatic heterocycles. The van der Waals surface area contributed by atoms with E-state index in [-0.39, 0.29) is 0 Å². The van der Waals surface area contributed by atoms with Gasteiger partial charge in [-0.15, -0.1) is 11.3 Å². The molecule has 4 heteroatoms. The van der Waals surface area contributed by atoms with Gasteiger partial charge in [-0.25, -0.2) is 4.98 Å². The van der Waals surface area contributed by atoms with E-state index in [9.17, 15) is 0 Å². The minimum absolute atomic E-state index is 0.454. The lowest BCUT2D eigenvalue weighted by molar-refractivity contribution is 0.0767. The van der Waals surface area contributed by atoms with Gasteiger partial charge in [0, 0.05) is 24.4 Å². The van der Waals surface area contributed by atoms with Crippen molar-refractivity contribution >= 4 is 11.3 Å². The lowest BCUT2D eigenvalue weighted by atomic mass is 10.1.